The van der Waals surface area contributed by atoms with E-state index < -0.39 is 14.3 Å². The summed E-state index contributed by atoms with van der Waals surface area (Å²) in [4.78, 5) is 10.7. The molecule has 1 aromatic rings. The van der Waals surface area contributed by atoms with Crippen molar-refractivity contribution >= 4 is 14.3 Å². The van der Waals surface area contributed by atoms with Gasteiger partial charge in [0.2, 0.25) is 8.32 Å². The normalized spacial score (nSPS) is 12.4. The number of carbonyl (C=O) groups is 1. The number of carboxylic acids is 1. The molecular weight excluding hydrogens is 292 g/mol. The molecule has 0 aliphatic carbocycles. The van der Waals surface area contributed by atoms with Crippen LogP contribution in [0, 0.1) is 0 Å². The predicted molar refractivity (Wildman–Crippen MR) is 93.6 cm³/mol. The molecule has 0 saturated heterocycles. The van der Waals surface area contributed by atoms with Crippen LogP contribution in [0.1, 0.15) is 52.7 Å². The summed E-state index contributed by atoms with van der Waals surface area (Å²) in [5.41, 5.74) is 3.65. The van der Waals surface area contributed by atoms with Crippen LogP contribution in [0.3, 0.4) is 0 Å². The minimum atomic E-state index is -1.84. The number of benzene rings is 1. The first-order valence-corrected chi connectivity index (χ1v) is 10.3. The van der Waals surface area contributed by atoms with Gasteiger partial charge in [-0.3, -0.25) is 4.79 Å². The summed E-state index contributed by atoms with van der Waals surface area (Å²) in [6, 6.07) is 7.74. The third-order valence-electron chi connectivity index (χ3n) is 4.57. The van der Waals surface area contributed by atoms with Crippen molar-refractivity contribution in [3.63, 3.8) is 0 Å². The van der Waals surface area contributed by atoms with Crippen LogP contribution in [-0.4, -0.2) is 19.4 Å². The Bertz CT molecular complexity index is 456. The molecule has 0 bridgehead atoms. The molecule has 0 radical (unpaired) electrons. The first-order chi connectivity index (χ1) is 10.2. The highest BCUT2D eigenvalue weighted by molar-refractivity contribution is 6.77. The summed E-state index contributed by atoms with van der Waals surface area (Å²) in [6.45, 7) is 14.3. The van der Waals surface area contributed by atoms with Crippen LogP contribution in [0.2, 0.25) is 16.6 Å². The van der Waals surface area contributed by atoms with Gasteiger partial charge in [0.1, 0.15) is 0 Å². The number of hydrogen-bond donors (Lipinski definition) is 1. The topological polar surface area (TPSA) is 46.5 Å². The maximum absolute atomic E-state index is 10.7. The zero-order valence-corrected chi connectivity index (χ0v) is 15.7. The predicted octanol–water partition coefficient (Wildman–Crippen LogP) is 5.01. The van der Waals surface area contributed by atoms with Crippen molar-refractivity contribution in [2.24, 2.45) is 0 Å². The number of hydrogen-bond acceptors (Lipinski definition) is 2. The minimum Gasteiger partial charge on any atom is -0.481 e. The first-order valence-electron chi connectivity index (χ1n) is 8.13. The largest absolute Gasteiger partial charge is 0.481 e. The van der Waals surface area contributed by atoms with Gasteiger partial charge in [-0.2, -0.15) is 0 Å². The van der Waals surface area contributed by atoms with E-state index in [1.807, 2.05) is 24.3 Å². The second-order valence-electron chi connectivity index (χ2n) is 6.99. The molecular formula is C18H30O3Si. The summed E-state index contributed by atoms with van der Waals surface area (Å²) in [6.07, 6.45) is 0.0732. The molecule has 0 fully saturated rings. The molecule has 3 nitrogen and oxygen atoms in total. The van der Waals surface area contributed by atoms with Crippen LogP contribution in [0.15, 0.2) is 24.3 Å². The third kappa shape index (κ3) is 4.43. The summed E-state index contributed by atoms with van der Waals surface area (Å²) in [7, 11) is -1.84. The highest BCUT2D eigenvalue weighted by Crippen LogP contribution is 2.42. The Morgan fingerprint density at radius 2 is 1.36 bits per heavy atom. The van der Waals surface area contributed by atoms with Crippen molar-refractivity contribution in [2.75, 3.05) is 0 Å². The molecule has 1 aromatic carbocycles. The Hall–Kier alpha value is -1.13. The average Bonchev–Trinajstić information content (AvgIpc) is 2.39. The standard InChI is InChI=1S/C18H30O3Si/c1-13(2)22(14(3)4,15(5)6)21-12-17-9-7-16(8-10-17)11-18(19)20/h7-10,13-15H,11-12H2,1-6H3,(H,19,20). The van der Waals surface area contributed by atoms with Crippen LogP contribution in [0.25, 0.3) is 0 Å². The van der Waals surface area contributed by atoms with Crippen molar-refractivity contribution in [3.8, 4) is 0 Å². The fourth-order valence-electron chi connectivity index (χ4n) is 3.64. The van der Waals surface area contributed by atoms with Gasteiger partial charge in [0.05, 0.1) is 13.0 Å². The molecule has 0 atom stereocenters. The van der Waals surface area contributed by atoms with Crippen molar-refractivity contribution in [1.29, 1.82) is 0 Å². The second-order valence-corrected chi connectivity index (χ2v) is 12.5. The van der Waals surface area contributed by atoms with Crippen LogP contribution >= 0.6 is 0 Å². The zero-order chi connectivity index (χ0) is 16.9. The van der Waals surface area contributed by atoms with Crippen LogP contribution < -0.4 is 0 Å². The summed E-state index contributed by atoms with van der Waals surface area (Å²) >= 11 is 0. The van der Waals surface area contributed by atoms with Gasteiger partial charge in [0, 0.05) is 0 Å². The van der Waals surface area contributed by atoms with Gasteiger partial charge in [-0.1, -0.05) is 65.8 Å². The maximum atomic E-state index is 10.7. The fraction of sp³-hybridized carbons (Fsp3) is 0.611. The van der Waals surface area contributed by atoms with E-state index in [1.54, 1.807) is 0 Å². The monoisotopic (exact) mass is 322 g/mol. The highest BCUT2D eigenvalue weighted by atomic mass is 28.4. The van der Waals surface area contributed by atoms with Gasteiger partial charge in [0.15, 0.2) is 0 Å². The summed E-state index contributed by atoms with van der Waals surface area (Å²) in [5.74, 6) is -0.796. The Morgan fingerprint density at radius 3 is 1.73 bits per heavy atom. The molecule has 1 N–H and O–H groups in total. The smallest absolute Gasteiger partial charge is 0.307 e. The molecule has 0 aliphatic heterocycles. The Morgan fingerprint density at radius 1 is 0.955 bits per heavy atom. The molecule has 22 heavy (non-hydrogen) atoms. The molecule has 0 spiro atoms. The minimum absolute atomic E-state index is 0.0732. The van der Waals surface area contributed by atoms with Gasteiger partial charge in [-0.15, -0.1) is 0 Å². The number of aliphatic carboxylic acids is 1. The molecule has 0 saturated carbocycles. The SMILES string of the molecule is CC(C)[Si](OCc1ccc(CC(=O)O)cc1)(C(C)C)C(C)C. The maximum Gasteiger partial charge on any atom is 0.307 e. The van der Waals surface area contributed by atoms with E-state index in [1.165, 1.54) is 0 Å². The lowest BCUT2D eigenvalue weighted by Gasteiger charge is -2.42. The van der Waals surface area contributed by atoms with Crippen molar-refractivity contribution in [1.82, 2.24) is 0 Å². The Kier molecular flexibility index (Phi) is 6.82. The van der Waals surface area contributed by atoms with Crippen molar-refractivity contribution < 1.29 is 14.3 Å². The molecule has 0 unspecified atom stereocenters. The molecule has 0 aliphatic rings. The molecule has 124 valence electrons. The lowest BCUT2D eigenvalue weighted by atomic mass is 10.1. The van der Waals surface area contributed by atoms with Gasteiger partial charge in [-0.25, -0.2) is 0 Å². The zero-order valence-electron chi connectivity index (χ0n) is 14.7. The number of rotatable bonds is 8. The van der Waals surface area contributed by atoms with Crippen LogP contribution in [0.4, 0.5) is 0 Å². The van der Waals surface area contributed by atoms with Gasteiger partial charge < -0.3 is 9.53 Å². The van der Waals surface area contributed by atoms with E-state index in [0.29, 0.717) is 23.2 Å². The van der Waals surface area contributed by atoms with E-state index in [0.717, 1.165) is 11.1 Å². The van der Waals surface area contributed by atoms with E-state index in [2.05, 4.69) is 41.5 Å². The van der Waals surface area contributed by atoms with E-state index in [9.17, 15) is 4.79 Å². The lowest BCUT2D eigenvalue weighted by molar-refractivity contribution is -0.136. The average molecular weight is 323 g/mol. The first kappa shape index (κ1) is 18.9. The van der Waals surface area contributed by atoms with Gasteiger partial charge >= 0.3 is 5.97 Å². The van der Waals surface area contributed by atoms with Gasteiger partial charge in [0.25, 0.3) is 0 Å². The lowest BCUT2D eigenvalue weighted by Crippen LogP contribution is -2.47. The molecule has 0 aromatic heterocycles. The van der Waals surface area contributed by atoms with Crippen molar-refractivity contribution in [3.05, 3.63) is 35.4 Å². The molecule has 0 amide bonds. The summed E-state index contributed by atoms with van der Waals surface area (Å²) in [5, 5.41) is 8.81. The Balaban J connectivity index is 2.83. The molecule has 4 heteroatoms. The quantitative estimate of drug-likeness (QED) is 0.685. The highest BCUT2D eigenvalue weighted by Gasteiger charge is 2.44. The summed E-state index contributed by atoms with van der Waals surface area (Å²) < 4.78 is 6.54. The third-order valence-corrected chi connectivity index (χ3v) is 10.6. The number of carboxylic acid groups (broad SMARTS) is 1. The van der Waals surface area contributed by atoms with Crippen molar-refractivity contribution in [2.45, 2.75) is 71.2 Å². The Labute approximate surface area is 135 Å². The molecule has 0 heterocycles. The van der Waals surface area contributed by atoms with Gasteiger partial charge in [-0.05, 0) is 27.8 Å². The van der Waals surface area contributed by atoms with Crippen LogP contribution in [0.5, 0.6) is 0 Å². The second kappa shape index (κ2) is 7.93. The van der Waals surface area contributed by atoms with Crippen LogP contribution in [-0.2, 0) is 22.2 Å². The van der Waals surface area contributed by atoms with E-state index >= 15 is 0 Å². The van der Waals surface area contributed by atoms with E-state index in [-0.39, 0.29) is 6.42 Å². The fourth-order valence-corrected chi connectivity index (χ4v) is 9.05. The van der Waals surface area contributed by atoms with E-state index in [4.69, 9.17) is 9.53 Å². The molecule has 1 rings (SSSR count).